The van der Waals surface area contributed by atoms with Gasteiger partial charge in [0.2, 0.25) is 0 Å². The zero-order valence-electron chi connectivity index (χ0n) is 11.5. The standard InChI is InChI=1S/C13H24O4S/c1-12(14,11(15-2)16-3)10-4-6-17-13(8-10)5-7-18-9-13/h10-11,14H,4-9H2,1-3H3. The predicted octanol–water partition coefficient (Wildman–Crippen LogP) is 1.66. The largest absolute Gasteiger partial charge is 0.385 e. The van der Waals surface area contributed by atoms with Crippen LogP contribution >= 0.6 is 11.8 Å². The van der Waals surface area contributed by atoms with Gasteiger partial charge < -0.3 is 19.3 Å². The fourth-order valence-corrected chi connectivity index (χ4v) is 4.53. The van der Waals surface area contributed by atoms with Crippen LogP contribution in [0.2, 0.25) is 0 Å². The number of aliphatic hydroxyl groups is 1. The zero-order chi connectivity index (χ0) is 13.2. The first-order chi connectivity index (χ1) is 8.54. The fraction of sp³-hybridized carbons (Fsp3) is 1.00. The first-order valence-electron chi connectivity index (χ1n) is 6.54. The molecular weight excluding hydrogens is 252 g/mol. The van der Waals surface area contributed by atoms with Crippen molar-refractivity contribution in [3.8, 4) is 0 Å². The minimum absolute atomic E-state index is 0.0242. The van der Waals surface area contributed by atoms with Gasteiger partial charge in [0.15, 0.2) is 6.29 Å². The normalized spacial score (nSPS) is 36.2. The van der Waals surface area contributed by atoms with Gasteiger partial charge in [0.25, 0.3) is 0 Å². The minimum atomic E-state index is -0.965. The van der Waals surface area contributed by atoms with Crippen molar-refractivity contribution in [1.29, 1.82) is 0 Å². The van der Waals surface area contributed by atoms with Crippen molar-refractivity contribution < 1.29 is 19.3 Å². The summed E-state index contributed by atoms with van der Waals surface area (Å²) in [5, 5.41) is 10.7. The van der Waals surface area contributed by atoms with Crippen molar-refractivity contribution in [3.63, 3.8) is 0 Å². The molecule has 2 saturated heterocycles. The highest BCUT2D eigenvalue weighted by Gasteiger charge is 2.48. The van der Waals surface area contributed by atoms with E-state index < -0.39 is 11.9 Å². The lowest BCUT2D eigenvalue weighted by atomic mass is 9.76. The van der Waals surface area contributed by atoms with Gasteiger partial charge in [0.05, 0.1) is 5.60 Å². The average Bonchev–Trinajstić information content (AvgIpc) is 2.78. The van der Waals surface area contributed by atoms with Crippen LogP contribution in [-0.2, 0) is 14.2 Å². The van der Waals surface area contributed by atoms with Gasteiger partial charge in [-0.25, -0.2) is 0 Å². The van der Waals surface area contributed by atoms with Crippen molar-refractivity contribution in [2.75, 3.05) is 32.3 Å². The molecule has 1 spiro atoms. The highest BCUT2D eigenvalue weighted by Crippen LogP contribution is 2.44. The summed E-state index contributed by atoms with van der Waals surface area (Å²) in [5.74, 6) is 2.37. The summed E-state index contributed by atoms with van der Waals surface area (Å²) in [6.07, 6.45) is 2.28. The summed E-state index contributed by atoms with van der Waals surface area (Å²) < 4.78 is 16.5. The van der Waals surface area contributed by atoms with E-state index in [1.165, 1.54) is 0 Å². The van der Waals surface area contributed by atoms with Gasteiger partial charge in [-0.15, -0.1) is 0 Å². The van der Waals surface area contributed by atoms with Crippen molar-refractivity contribution in [2.45, 2.75) is 43.7 Å². The molecule has 1 N–H and O–H groups in total. The molecule has 0 aromatic heterocycles. The summed E-state index contributed by atoms with van der Waals surface area (Å²) in [7, 11) is 3.15. The Hall–Kier alpha value is 0.190. The van der Waals surface area contributed by atoms with Crippen LogP contribution in [0, 0.1) is 5.92 Å². The molecule has 2 rings (SSSR count). The summed E-state index contributed by atoms with van der Waals surface area (Å²) in [5.41, 5.74) is -0.989. The third kappa shape index (κ3) is 2.70. The van der Waals surface area contributed by atoms with E-state index in [-0.39, 0.29) is 11.5 Å². The minimum Gasteiger partial charge on any atom is -0.385 e. The van der Waals surface area contributed by atoms with Crippen LogP contribution in [0.1, 0.15) is 26.2 Å². The molecule has 2 heterocycles. The number of thioether (sulfide) groups is 1. The lowest BCUT2D eigenvalue weighted by Crippen LogP contribution is -2.53. The lowest BCUT2D eigenvalue weighted by Gasteiger charge is -2.45. The molecule has 2 fully saturated rings. The molecule has 0 amide bonds. The van der Waals surface area contributed by atoms with Gasteiger partial charge in [-0.2, -0.15) is 11.8 Å². The maximum atomic E-state index is 10.7. The Morgan fingerprint density at radius 1 is 1.44 bits per heavy atom. The Morgan fingerprint density at radius 2 is 2.17 bits per heavy atom. The van der Waals surface area contributed by atoms with E-state index in [1.807, 2.05) is 18.7 Å². The molecule has 2 aliphatic rings. The molecule has 0 saturated carbocycles. The highest BCUT2D eigenvalue weighted by molar-refractivity contribution is 7.99. The van der Waals surface area contributed by atoms with Crippen LogP contribution in [0.25, 0.3) is 0 Å². The molecule has 5 heteroatoms. The third-order valence-electron chi connectivity index (χ3n) is 4.29. The Kier molecular flexibility index (Phi) is 4.60. The van der Waals surface area contributed by atoms with Gasteiger partial charge >= 0.3 is 0 Å². The second-order valence-corrected chi connectivity index (χ2v) is 6.66. The molecule has 3 unspecified atom stereocenters. The van der Waals surface area contributed by atoms with E-state index in [2.05, 4.69) is 0 Å². The Labute approximate surface area is 113 Å². The molecule has 0 aromatic carbocycles. The summed E-state index contributed by atoms with van der Waals surface area (Å²) in [4.78, 5) is 0. The first-order valence-corrected chi connectivity index (χ1v) is 7.69. The number of methoxy groups -OCH3 is 2. The van der Waals surface area contributed by atoms with Crippen molar-refractivity contribution >= 4 is 11.8 Å². The molecule has 0 bridgehead atoms. The second-order valence-electron chi connectivity index (χ2n) is 5.55. The van der Waals surface area contributed by atoms with Crippen molar-refractivity contribution in [2.24, 2.45) is 5.92 Å². The summed E-state index contributed by atoms with van der Waals surface area (Å²) >= 11 is 1.94. The van der Waals surface area contributed by atoms with Gasteiger partial charge in [0.1, 0.15) is 5.60 Å². The number of hydrogen-bond acceptors (Lipinski definition) is 5. The lowest BCUT2D eigenvalue weighted by molar-refractivity contribution is -0.244. The van der Waals surface area contributed by atoms with E-state index in [0.717, 1.165) is 37.4 Å². The Morgan fingerprint density at radius 3 is 2.72 bits per heavy atom. The topological polar surface area (TPSA) is 47.9 Å². The van der Waals surface area contributed by atoms with Gasteiger partial charge in [-0.3, -0.25) is 0 Å². The van der Waals surface area contributed by atoms with Crippen molar-refractivity contribution in [1.82, 2.24) is 0 Å². The van der Waals surface area contributed by atoms with E-state index in [0.29, 0.717) is 0 Å². The number of hydrogen-bond donors (Lipinski definition) is 1. The van der Waals surface area contributed by atoms with Crippen LogP contribution in [0.5, 0.6) is 0 Å². The second kappa shape index (κ2) is 5.67. The number of ether oxygens (including phenoxy) is 3. The van der Waals surface area contributed by atoms with Crippen LogP contribution in [-0.4, -0.2) is 54.9 Å². The SMILES string of the molecule is COC(OC)C(C)(O)C1CCOC2(CCSC2)C1. The van der Waals surface area contributed by atoms with Crippen LogP contribution in [0.4, 0.5) is 0 Å². The van der Waals surface area contributed by atoms with Crippen LogP contribution in [0.15, 0.2) is 0 Å². The summed E-state index contributed by atoms with van der Waals surface area (Å²) in [6, 6.07) is 0. The van der Waals surface area contributed by atoms with Gasteiger partial charge in [0, 0.05) is 26.6 Å². The molecule has 4 nitrogen and oxygen atoms in total. The maximum absolute atomic E-state index is 10.7. The Balaban J connectivity index is 2.07. The van der Waals surface area contributed by atoms with E-state index in [9.17, 15) is 5.11 Å². The van der Waals surface area contributed by atoms with Gasteiger partial charge in [-0.05, 0) is 37.9 Å². The van der Waals surface area contributed by atoms with Crippen LogP contribution < -0.4 is 0 Å². The van der Waals surface area contributed by atoms with E-state index >= 15 is 0 Å². The average molecular weight is 276 g/mol. The monoisotopic (exact) mass is 276 g/mol. The van der Waals surface area contributed by atoms with Crippen molar-refractivity contribution in [3.05, 3.63) is 0 Å². The fourth-order valence-electron chi connectivity index (χ4n) is 3.16. The van der Waals surface area contributed by atoms with Crippen LogP contribution in [0.3, 0.4) is 0 Å². The molecule has 0 aromatic rings. The van der Waals surface area contributed by atoms with E-state index in [1.54, 1.807) is 14.2 Å². The smallest absolute Gasteiger partial charge is 0.185 e. The maximum Gasteiger partial charge on any atom is 0.185 e. The predicted molar refractivity (Wildman–Crippen MR) is 71.8 cm³/mol. The first kappa shape index (κ1) is 14.6. The Bertz CT molecular complexity index is 272. The summed E-state index contributed by atoms with van der Waals surface area (Å²) in [6.45, 7) is 2.54. The molecule has 2 aliphatic heterocycles. The number of rotatable bonds is 4. The van der Waals surface area contributed by atoms with Gasteiger partial charge in [-0.1, -0.05) is 0 Å². The quantitative estimate of drug-likeness (QED) is 0.791. The molecular formula is C13H24O4S. The van der Waals surface area contributed by atoms with E-state index in [4.69, 9.17) is 14.2 Å². The molecule has 3 atom stereocenters. The molecule has 0 aliphatic carbocycles. The highest BCUT2D eigenvalue weighted by atomic mass is 32.2. The zero-order valence-corrected chi connectivity index (χ0v) is 12.3. The third-order valence-corrected chi connectivity index (χ3v) is 5.51. The molecule has 0 radical (unpaired) electrons. The molecule has 106 valence electrons. The molecule has 18 heavy (non-hydrogen) atoms.